The molecular weight excluding hydrogens is 184 g/mol. The standard InChI is InChI=1S/C10H20O2S/c1-4-10(8(2)3)11-7-9(12-10)5-6-13/h8-9,13H,4-7H2,1-3H3. The number of hydrogen-bond acceptors (Lipinski definition) is 3. The van der Waals surface area contributed by atoms with E-state index in [0.717, 1.165) is 25.2 Å². The molecule has 1 saturated heterocycles. The molecule has 0 aromatic rings. The predicted octanol–water partition coefficient (Wildman–Crippen LogP) is 2.48. The molecular formula is C10H20O2S. The van der Waals surface area contributed by atoms with Crippen molar-refractivity contribution >= 4 is 12.6 Å². The molecule has 1 heterocycles. The maximum Gasteiger partial charge on any atom is 0.170 e. The summed E-state index contributed by atoms with van der Waals surface area (Å²) in [5.41, 5.74) is 0. The molecule has 0 aromatic heterocycles. The van der Waals surface area contributed by atoms with Gasteiger partial charge in [-0.15, -0.1) is 0 Å². The van der Waals surface area contributed by atoms with Gasteiger partial charge in [0.05, 0.1) is 12.7 Å². The Balaban J connectivity index is 2.52. The lowest BCUT2D eigenvalue weighted by Crippen LogP contribution is -2.36. The minimum absolute atomic E-state index is 0.250. The largest absolute Gasteiger partial charge is 0.347 e. The van der Waals surface area contributed by atoms with Crippen LogP contribution in [-0.2, 0) is 9.47 Å². The minimum atomic E-state index is -0.326. The van der Waals surface area contributed by atoms with Gasteiger partial charge in [0.2, 0.25) is 0 Å². The lowest BCUT2D eigenvalue weighted by atomic mass is 10.0. The molecule has 0 bridgehead atoms. The van der Waals surface area contributed by atoms with E-state index in [-0.39, 0.29) is 11.9 Å². The Morgan fingerprint density at radius 1 is 1.54 bits per heavy atom. The summed E-state index contributed by atoms with van der Waals surface area (Å²) in [7, 11) is 0. The van der Waals surface area contributed by atoms with Crippen LogP contribution < -0.4 is 0 Å². The van der Waals surface area contributed by atoms with Gasteiger partial charge in [-0.05, 0) is 18.6 Å². The summed E-state index contributed by atoms with van der Waals surface area (Å²) in [4.78, 5) is 0. The molecule has 2 unspecified atom stereocenters. The highest BCUT2D eigenvalue weighted by Crippen LogP contribution is 2.34. The first-order valence-corrected chi connectivity index (χ1v) is 5.70. The highest BCUT2D eigenvalue weighted by Gasteiger charge is 2.42. The van der Waals surface area contributed by atoms with Crippen LogP contribution in [0.5, 0.6) is 0 Å². The third-order valence-electron chi connectivity index (χ3n) is 2.70. The summed E-state index contributed by atoms with van der Waals surface area (Å²) >= 11 is 4.20. The van der Waals surface area contributed by atoms with Crippen LogP contribution >= 0.6 is 12.6 Å². The van der Waals surface area contributed by atoms with Crippen molar-refractivity contribution in [3.8, 4) is 0 Å². The van der Waals surface area contributed by atoms with E-state index in [1.807, 2.05) is 0 Å². The van der Waals surface area contributed by atoms with Gasteiger partial charge in [0.1, 0.15) is 0 Å². The van der Waals surface area contributed by atoms with Crippen LogP contribution in [0.3, 0.4) is 0 Å². The molecule has 0 amide bonds. The average molecular weight is 204 g/mol. The van der Waals surface area contributed by atoms with E-state index in [4.69, 9.17) is 9.47 Å². The fraction of sp³-hybridized carbons (Fsp3) is 1.00. The van der Waals surface area contributed by atoms with Gasteiger partial charge in [0.15, 0.2) is 5.79 Å². The van der Waals surface area contributed by atoms with Gasteiger partial charge in [-0.3, -0.25) is 0 Å². The Labute approximate surface area is 86.4 Å². The Bertz CT molecular complexity index is 161. The second-order valence-electron chi connectivity index (χ2n) is 3.88. The van der Waals surface area contributed by atoms with Crippen molar-refractivity contribution in [3.05, 3.63) is 0 Å². The molecule has 0 aromatic carbocycles. The van der Waals surface area contributed by atoms with Gasteiger partial charge in [0, 0.05) is 5.92 Å². The van der Waals surface area contributed by atoms with Crippen LogP contribution in [0, 0.1) is 5.92 Å². The maximum absolute atomic E-state index is 5.93. The quantitative estimate of drug-likeness (QED) is 0.709. The summed E-state index contributed by atoms with van der Waals surface area (Å²) in [6.07, 6.45) is 2.16. The fourth-order valence-corrected chi connectivity index (χ4v) is 2.05. The molecule has 0 spiro atoms. The molecule has 2 atom stereocenters. The van der Waals surface area contributed by atoms with Crippen molar-refractivity contribution in [1.82, 2.24) is 0 Å². The van der Waals surface area contributed by atoms with Crippen LogP contribution in [-0.4, -0.2) is 24.3 Å². The van der Waals surface area contributed by atoms with Crippen molar-refractivity contribution in [2.45, 2.75) is 45.5 Å². The van der Waals surface area contributed by atoms with E-state index >= 15 is 0 Å². The van der Waals surface area contributed by atoms with Gasteiger partial charge >= 0.3 is 0 Å². The summed E-state index contributed by atoms with van der Waals surface area (Å²) in [5, 5.41) is 0. The first kappa shape index (κ1) is 11.3. The lowest BCUT2D eigenvalue weighted by Gasteiger charge is -2.30. The zero-order valence-corrected chi connectivity index (χ0v) is 9.64. The van der Waals surface area contributed by atoms with Gasteiger partial charge in [-0.1, -0.05) is 20.8 Å². The topological polar surface area (TPSA) is 18.5 Å². The van der Waals surface area contributed by atoms with Gasteiger partial charge < -0.3 is 9.47 Å². The number of rotatable bonds is 4. The maximum atomic E-state index is 5.93. The van der Waals surface area contributed by atoms with Crippen LogP contribution in [0.1, 0.15) is 33.6 Å². The highest BCUT2D eigenvalue weighted by molar-refractivity contribution is 7.80. The minimum Gasteiger partial charge on any atom is -0.347 e. The van der Waals surface area contributed by atoms with Gasteiger partial charge in [-0.2, -0.15) is 12.6 Å². The second-order valence-corrected chi connectivity index (χ2v) is 4.33. The van der Waals surface area contributed by atoms with E-state index in [0.29, 0.717) is 5.92 Å². The van der Waals surface area contributed by atoms with Crippen molar-refractivity contribution in [2.75, 3.05) is 12.4 Å². The van der Waals surface area contributed by atoms with Gasteiger partial charge in [-0.25, -0.2) is 0 Å². The smallest absolute Gasteiger partial charge is 0.170 e. The Morgan fingerprint density at radius 3 is 2.62 bits per heavy atom. The normalized spacial score (nSPS) is 34.4. The predicted molar refractivity (Wildman–Crippen MR) is 57.2 cm³/mol. The molecule has 3 heteroatoms. The molecule has 1 aliphatic rings. The lowest BCUT2D eigenvalue weighted by molar-refractivity contribution is -0.199. The van der Waals surface area contributed by atoms with Crippen LogP contribution in [0.25, 0.3) is 0 Å². The first-order chi connectivity index (χ1) is 6.14. The van der Waals surface area contributed by atoms with E-state index in [1.54, 1.807) is 0 Å². The number of hydrogen-bond donors (Lipinski definition) is 1. The summed E-state index contributed by atoms with van der Waals surface area (Å²) in [6, 6.07) is 0. The molecule has 2 nitrogen and oxygen atoms in total. The molecule has 78 valence electrons. The van der Waals surface area contributed by atoms with Crippen LogP contribution in [0.15, 0.2) is 0 Å². The van der Waals surface area contributed by atoms with E-state index in [2.05, 4.69) is 33.4 Å². The summed E-state index contributed by atoms with van der Waals surface area (Å²) in [5.74, 6) is 0.960. The monoisotopic (exact) mass is 204 g/mol. The first-order valence-electron chi connectivity index (χ1n) is 5.07. The van der Waals surface area contributed by atoms with Gasteiger partial charge in [0.25, 0.3) is 0 Å². The summed E-state index contributed by atoms with van der Waals surface area (Å²) < 4.78 is 11.7. The van der Waals surface area contributed by atoms with Crippen molar-refractivity contribution in [3.63, 3.8) is 0 Å². The van der Waals surface area contributed by atoms with E-state index in [9.17, 15) is 0 Å². The molecule has 0 N–H and O–H groups in total. The van der Waals surface area contributed by atoms with E-state index < -0.39 is 0 Å². The van der Waals surface area contributed by atoms with Crippen molar-refractivity contribution < 1.29 is 9.47 Å². The summed E-state index contributed by atoms with van der Waals surface area (Å²) in [6.45, 7) is 7.13. The Kier molecular flexibility index (Phi) is 4.07. The molecule has 1 aliphatic heterocycles. The molecule has 1 rings (SSSR count). The fourth-order valence-electron chi connectivity index (χ4n) is 1.77. The van der Waals surface area contributed by atoms with Crippen molar-refractivity contribution in [1.29, 1.82) is 0 Å². The zero-order valence-electron chi connectivity index (χ0n) is 8.75. The molecule has 0 aliphatic carbocycles. The zero-order chi connectivity index (χ0) is 9.90. The number of ether oxygens (including phenoxy) is 2. The number of thiol groups is 1. The second kappa shape index (κ2) is 4.67. The third kappa shape index (κ3) is 2.39. The molecule has 1 fully saturated rings. The van der Waals surface area contributed by atoms with E-state index in [1.165, 1.54) is 0 Å². The van der Waals surface area contributed by atoms with Crippen LogP contribution in [0.4, 0.5) is 0 Å². The van der Waals surface area contributed by atoms with Crippen LogP contribution in [0.2, 0.25) is 0 Å². The van der Waals surface area contributed by atoms with Crippen molar-refractivity contribution in [2.24, 2.45) is 5.92 Å². The SMILES string of the molecule is CCC1(C(C)C)OCC(CCS)O1. The Hall–Kier alpha value is 0.270. The highest BCUT2D eigenvalue weighted by atomic mass is 32.1. The molecule has 13 heavy (non-hydrogen) atoms. The average Bonchev–Trinajstić information content (AvgIpc) is 2.50. The Morgan fingerprint density at radius 2 is 2.23 bits per heavy atom. The molecule has 0 radical (unpaired) electrons. The third-order valence-corrected chi connectivity index (χ3v) is 2.96. The molecule has 0 saturated carbocycles.